The van der Waals surface area contributed by atoms with Gasteiger partial charge in [-0.25, -0.2) is 8.78 Å². The highest BCUT2D eigenvalue weighted by Gasteiger charge is 2.19. The van der Waals surface area contributed by atoms with Gasteiger partial charge in [-0.1, -0.05) is 30.0 Å². The van der Waals surface area contributed by atoms with E-state index in [1.807, 2.05) is 18.2 Å². The predicted octanol–water partition coefficient (Wildman–Crippen LogP) is 3.84. The first-order chi connectivity index (χ1) is 11.6. The summed E-state index contributed by atoms with van der Waals surface area (Å²) in [5.74, 6) is -1.28. The molecule has 1 N–H and O–H groups in total. The number of anilines is 1. The van der Waals surface area contributed by atoms with E-state index < -0.39 is 11.6 Å². The third-order valence-electron chi connectivity index (χ3n) is 3.27. The summed E-state index contributed by atoms with van der Waals surface area (Å²) in [4.78, 5) is 11.9. The molecular weight excluding hydrogens is 332 g/mol. The molecule has 0 bridgehead atoms. The van der Waals surface area contributed by atoms with Crippen molar-refractivity contribution in [1.29, 1.82) is 0 Å². The molecule has 0 atom stereocenters. The van der Waals surface area contributed by atoms with E-state index in [1.54, 1.807) is 12.1 Å². The van der Waals surface area contributed by atoms with Crippen LogP contribution in [0, 0.1) is 11.6 Å². The molecule has 1 amide bonds. The van der Waals surface area contributed by atoms with Crippen molar-refractivity contribution < 1.29 is 13.6 Å². The molecule has 0 saturated carbocycles. The molecule has 0 aromatic heterocycles. The maximum atomic E-state index is 13.7. The maximum absolute atomic E-state index is 13.7. The number of nitrogens with zero attached hydrogens (tertiary/aromatic N) is 2. The van der Waals surface area contributed by atoms with E-state index in [0.29, 0.717) is 17.2 Å². The number of thioether (sulfide) groups is 1. The lowest BCUT2D eigenvalue weighted by molar-refractivity contribution is -0.113. The molecule has 3 rings (SSSR count). The van der Waals surface area contributed by atoms with Crippen molar-refractivity contribution in [3.05, 3.63) is 65.7 Å². The van der Waals surface area contributed by atoms with Gasteiger partial charge in [0.25, 0.3) is 0 Å². The number of halogens is 2. The number of amides is 1. The van der Waals surface area contributed by atoms with Crippen LogP contribution in [0.15, 0.2) is 58.7 Å². The normalized spacial score (nSPS) is 13.4. The Bertz CT molecular complexity index is 822. The zero-order valence-electron chi connectivity index (χ0n) is 12.5. The predicted molar refractivity (Wildman–Crippen MR) is 92.5 cm³/mol. The van der Waals surface area contributed by atoms with Gasteiger partial charge < -0.3 is 5.32 Å². The average molecular weight is 345 g/mol. The van der Waals surface area contributed by atoms with Crippen LogP contribution < -0.4 is 5.32 Å². The Balaban J connectivity index is 1.51. The fourth-order valence-electron chi connectivity index (χ4n) is 2.15. The molecule has 2 aromatic rings. The van der Waals surface area contributed by atoms with Crippen LogP contribution in [0.1, 0.15) is 12.0 Å². The third-order valence-corrected chi connectivity index (χ3v) is 4.24. The van der Waals surface area contributed by atoms with Crippen molar-refractivity contribution in [3.8, 4) is 0 Å². The van der Waals surface area contributed by atoms with E-state index in [4.69, 9.17) is 0 Å². The van der Waals surface area contributed by atoms with Crippen LogP contribution in [-0.4, -0.2) is 22.4 Å². The molecule has 0 radical (unpaired) electrons. The van der Waals surface area contributed by atoms with Gasteiger partial charge in [0, 0.05) is 23.7 Å². The highest BCUT2D eigenvalue weighted by atomic mass is 32.2. The highest BCUT2D eigenvalue weighted by Crippen LogP contribution is 2.21. The number of benzene rings is 2. The minimum absolute atomic E-state index is 0.157. The van der Waals surface area contributed by atoms with Crippen molar-refractivity contribution in [2.24, 2.45) is 10.2 Å². The molecule has 1 aliphatic rings. The lowest BCUT2D eigenvalue weighted by Gasteiger charge is -2.05. The van der Waals surface area contributed by atoms with E-state index in [1.165, 1.54) is 23.9 Å². The monoisotopic (exact) mass is 345 g/mol. The van der Waals surface area contributed by atoms with Gasteiger partial charge in [0.1, 0.15) is 16.7 Å². The Morgan fingerprint density at radius 3 is 2.67 bits per heavy atom. The van der Waals surface area contributed by atoms with Crippen LogP contribution in [0.4, 0.5) is 14.5 Å². The van der Waals surface area contributed by atoms with Crippen LogP contribution in [0.5, 0.6) is 0 Å². The van der Waals surface area contributed by atoms with E-state index >= 15 is 0 Å². The molecular formula is C17H13F2N3OS. The van der Waals surface area contributed by atoms with Crippen LogP contribution in [0.2, 0.25) is 0 Å². The molecule has 0 fully saturated rings. The summed E-state index contributed by atoms with van der Waals surface area (Å²) in [6, 6.07) is 12.5. The highest BCUT2D eigenvalue weighted by molar-refractivity contribution is 8.14. The number of para-hydroxylation sites is 1. The molecule has 122 valence electrons. The van der Waals surface area contributed by atoms with Gasteiger partial charge >= 0.3 is 0 Å². The van der Waals surface area contributed by atoms with Crippen molar-refractivity contribution >= 4 is 34.1 Å². The average Bonchev–Trinajstić information content (AvgIpc) is 3.02. The Morgan fingerprint density at radius 1 is 1.12 bits per heavy atom. The summed E-state index contributed by atoms with van der Waals surface area (Å²) < 4.78 is 26.7. The lowest BCUT2D eigenvalue weighted by atomic mass is 10.1. The SMILES string of the molecule is O=C(CSC1=NN=C(c2ccc(F)cc2F)C1)Nc1ccccc1. The molecule has 0 spiro atoms. The van der Waals surface area contributed by atoms with Crippen LogP contribution in [0.25, 0.3) is 0 Å². The molecule has 0 aliphatic carbocycles. The Hall–Kier alpha value is -2.54. The first-order valence-electron chi connectivity index (χ1n) is 7.18. The van der Waals surface area contributed by atoms with Gasteiger partial charge in [0.05, 0.1) is 11.5 Å². The third kappa shape index (κ3) is 4.05. The second kappa shape index (κ2) is 7.35. The molecule has 1 aliphatic heterocycles. The molecule has 0 unspecified atom stereocenters. The fourth-order valence-corrected chi connectivity index (χ4v) is 2.86. The number of carbonyl (C=O) groups is 1. The van der Waals surface area contributed by atoms with E-state index in [2.05, 4.69) is 15.5 Å². The van der Waals surface area contributed by atoms with Gasteiger partial charge in [0.15, 0.2) is 0 Å². The van der Waals surface area contributed by atoms with E-state index in [-0.39, 0.29) is 17.2 Å². The topological polar surface area (TPSA) is 53.8 Å². The first-order valence-corrected chi connectivity index (χ1v) is 8.17. The first kappa shape index (κ1) is 16.3. The van der Waals surface area contributed by atoms with Gasteiger partial charge in [-0.3, -0.25) is 4.79 Å². The fraction of sp³-hybridized carbons (Fsp3) is 0.118. The minimum Gasteiger partial charge on any atom is -0.325 e. The smallest absolute Gasteiger partial charge is 0.234 e. The summed E-state index contributed by atoms with van der Waals surface area (Å²) in [6.07, 6.45) is 0.325. The van der Waals surface area contributed by atoms with Gasteiger partial charge in [-0.2, -0.15) is 5.10 Å². The second-order valence-electron chi connectivity index (χ2n) is 5.04. The molecule has 0 saturated heterocycles. The van der Waals surface area contributed by atoms with Crippen molar-refractivity contribution in [2.45, 2.75) is 6.42 Å². The summed E-state index contributed by atoms with van der Waals surface area (Å²) in [7, 11) is 0. The van der Waals surface area contributed by atoms with Gasteiger partial charge in [-0.15, -0.1) is 5.10 Å². The van der Waals surface area contributed by atoms with Gasteiger partial charge in [0.2, 0.25) is 5.91 Å². The number of rotatable bonds is 4. The van der Waals surface area contributed by atoms with Crippen LogP contribution in [0.3, 0.4) is 0 Å². The van der Waals surface area contributed by atoms with E-state index in [9.17, 15) is 13.6 Å². The lowest BCUT2D eigenvalue weighted by Crippen LogP contribution is -2.15. The number of nitrogens with one attached hydrogen (secondary N) is 1. The summed E-state index contributed by atoms with van der Waals surface area (Å²) in [5, 5.41) is 11.3. The molecule has 1 heterocycles. The second-order valence-corrected chi connectivity index (χ2v) is 6.09. The summed E-state index contributed by atoms with van der Waals surface area (Å²) >= 11 is 1.25. The van der Waals surface area contributed by atoms with Crippen molar-refractivity contribution in [2.75, 3.05) is 11.1 Å². The minimum atomic E-state index is -0.669. The van der Waals surface area contributed by atoms with Crippen LogP contribution >= 0.6 is 11.8 Å². The van der Waals surface area contributed by atoms with Crippen LogP contribution in [-0.2, 0) is 4.79 Å². The Labute approximate surface area is 141 Å². The number of hydrogen-bond acceptors (Lipinski definition) is 4. The largest absolute Gasteiger partial charge is 0.325 e. The molecule has 7 heteroatoms. The zero-order valence-corrected chi connectivity index (χ0v) is 13.3. The van der Waals surface area contributed by atoms with Gasteiger partial charge in [-0.05, 0) is 24.3 Å². The summed E-state index contributed by atoms with van der Waals surface area (Å²) in [6.45, 7) is 0. The maximum Gasteiger partial charge on any atom is 0.234 e. The standard InChI is InChI=1S/C17H13F2N3OS/c18-11-6-7-13(14(19)8-11)15-9-17(22-21-15)24-10-16(23)20-12-4-2-1-3-5-12/h1-8H,9-10H2,(H,20,23). The number of hydrogen-bond donors (Lipinski definition) is 1. The molecule has 24 heavy (non-hydrogen) atoms. The molecule has 4 nitrogen and oxygen atoms in total. The number of carbonyl (C=O) groups excluding carboxylic acids is 1. The Morgan fingerprint density at radius 2 is 1.92 bits per heavy atom. The zero-order chi connectivity index (χ0) is 16.9. The quantitative estimate of drug-likeness (QED) is 0.915. The summed E-state index contributed by atoms with van der Waals surface area (Å²) in [5.41, 5.74) is 1.38. The molecule has 2 aromatic carbocycles. The van der Waals surface area contributed by atoms with Crippen molar-refractivity contribution in [3.63, 3.8) is 0 Å². The van der Waals surface area contributed by atoms with E-state index in [0.717, 1.165) is 11.8 Å². The Kier molecular flexibility index (Phi) is 5.00. The van der Waals surface area contributed by atoms with Crippen molar-refractivity contribution in [1.82, 2.24) is 0 Å².